The van der Waals surface area contributed by atoms with Crippen molar-refractivity contribution in [1.29, 1.82) is 0 Å². The molecule has 0 spiro atoms. The first kappa shape index (κ1) is 36.3. The van der Waals surface area contributed by atoms with Crippen LogP contribution in [0.1, 0.15) is 75.7 Å². The van der Waals surface area contributed by atoms with Crippen molar-refractivity contribution in [3.05, 3.63) is 12.7 Å². The molecule has 38 heavy (non-hydrogen) atoms. The van der Waals surface area contributed by atoms with Gasteiger partial charge in [0.2, 0.25) is 0 Å². The zero-order valence-corrected chi connectivity index (χ0v) is 31.4. The van der Waals surface area contributed by atoms with Gasteiger partial charge in [0.05, 0.1) is 18.8 Å². The number of rotatable bonds is 11. The molecule has 224 valence electrons. The van der Waals surface area contributed by atoms with Crippen LogP contribution in [0.25, 0.3) is 0 Å². The van der Waals surface area contributed by atoms with E-state index in [1.54, 1.807) is 6.08 Å². The molecule has 0 aromatic carbocycles. The fourth-order valence-electron chi connectivity index (χ4n) is 3.58. The molecule has 0 unspecified atom stereocenters. The second-order valence-corrected chi connectivity index (χ2v) is 30.6. The molecular weight excluding hydrogens is 545 g/mol. The maximum Gasteiger partial charge on any atom is 0.192 e. The molecule has 0 saturated carbocycles. The fourth-order valence-corrected chi connectivity index (χ4v) is 7.64. The van der Waals surface area contributed by atoms with Crippen LogP contribution in [0.5, 0.6) is 0 Å². The summed E-state index contributed by atoms with van der Waals surface area (Å²) in [4.78, 5) is 0.885. The zero-order valence-electron chi connectivity index (χ0n) is 27.5. The van der Waals surface area contributed by atoms with Crippen molar-refractivity contribution in [2.75, 3.05) is 6.61 Å². The second-order valence-electron chi connectivity index (χ2n) is 15.6. The quantitative estimate of drug-likeness (QED) is 0.133. The highest BCUT2D eigenvalue weighted by molar-refractivity contribution is 7.80. The summed E-state index contributed by atoms with van der Waals surface area (Å²) in [6.07, 6.45) is 0.381. The van der Waals surface area contributed by atoms with E-state index in [2.05, 4.69) is 108 Å². The minimum atomic E-state index is -2.24. The summed E-state index contributed by atoms with van der Waals surface area (Å²) in [7, 11) is -6.69. The van der Waals surface area contributed by atoms with Gasteiger partial charge in [-0.05, 0) is 66.2 Å². The lowest BCUT2D eigenvalue weighted by atomic mass is 9.96. The van der Waals surface area contributed by atoms with Crippen LogP contribution in [-0.4, -0.2) is 67.1 Å². The van der Waals surface area contributed by atoms with E-state index in [-0.39, 0.29) is 33.4 Å². The maximum absolute atomic E-state index is 7.31. The predicted octanol–water partition coefficient (Wildman–Crippen LogP) is 8.87. The average molecular weight is 605 g/mol. The summed E-state index contributed by atoms with van der Waals surface area (Å²) in [6, 6.07) is 0. The minimum Gasteiger partial charge on any atom is -0.409 e. The molecule has 1 aliphatic rings. The van der Waals surface area contributed by atoms with Gasteiger partial charge in [0, 0.05) is 6.42 Å². The van der Waals surface area contributed by atoms with Gasteiger partial charge < -0.3 is 22.8 Å². The van der Waals surface area contributed by atoms with Gasteiger partial charge in [-0.3, -0.25) is 0 Å². The molecule has 5 atom stereocenters. The van der Waals surface area contributed by atoms with Crippen molar-refractivity contribution in [1.82, 2.24) is 0 Å². The van der Waals surface area contributed by atoms with E-state index < -0.39 is 37.3 Å². The molecule has 1 saturated heterocycles. The smallest absolute Gasteiger partial charge is 0.192 e. The van der Waals surface area contributed by atoms with E-state index >= 15 is 0 Å². The molecule has 1 fully saturated rings. The molecule has 1 heterocycles. The van der Waals surface area contributed by atoms with Gasteiger partial charge in [-0.1, -0.05) is 80.6 Å². The second kappa shape index (κ2) is 12.7. The predicted molar refractivity (Wildman–Crippen MR) is 174 cm³/mol. The van der Waals surface area contributed by atoms with Crippen molar-refractivity contribution < 1.29 is 22.8 Å². The maximum atomic E-state index is 7.31. The van der Waals surface area contributed by atoms with Crippen LogP contribution >= 0.6 is 12.2 Å². The topological polar surface area (TPSA) is 46.2 Å². The highest BCUT2D eigenvalue weighted by Gasteiger charge is 2.56. The van der Waals surface area contributed by atoms with E-state index in [0.717, 1.165) is 4.86 Å². The third-order valence-electron chi connectivity index (χ3n) is 9.17. The Hall–Kier alpha value is 0.281. The number of hydrogen-bond donors (Lipinski definition) is 0. The standard InChI is InChI=1S/C29H60O5SSi3/c1-18-19-30-26-25(34-38(16,17)29(9,10)11)24(33-37(14,15)28(6,7)8)23(22(31-26)20-21(2)35)32-36(12,13)27(3,4)5/h18,22-26H,1,19-20H2,2-17H3/t22-,23-,24+,25-,26+/m1/s1. The summed E-state index contributed by atoms with van der Waals surface area (Å²) in [5, 5.41) is 0.0499. The molecule has 5 nitrogen and oxygen atoms in total. The summed E-state index contributed by atoms with van der Waals surface area (Å²) >= 11 is 5.61. The molecule has 0 aliphatic carbocycles. The van der Waals surface area contributed by atoms with Gasteiger partial charge in [0.25, 0.3) is 0 Å². The Bertz CT molecular complexity index is 809. The number of thiocarbonyl (C=S) groups is 1. The van der Waals surface area contributed by atoms with Gasteiger partial charge in [-0.2, -0.15) is 0 Å². The van der Waals surface area contributed by atoms with E-state index in [0.29, 0.717) is 13.0 Å². The highest BCUT2D eigenvalue weighted by atomic mass is 32.1. The van der Waals surface area contributed by atoms with Crippen LogP contribution in [0.3, 0.4) is 0 Å². The van der Waals surface area contributed by atoms with Crippen molar-refractivity contribution >= 4 is 42.0 Å². The van der Waals surface area contributed by atoms with Crippen LogP contribution in [-0.2, 0) is 22.8 Å². The van der Waals surface area contributed by atoms with Crippen molar-refractivity contribution in [2.24, 2.45) is 0 Å². The third kappa shape index (κ3) is 9.14. The van der Waals surface area contributed by atoms with Crippen molar-refractivity contribution in [3.63, 3.8) is 0 Å². The molecule has 0 aromatic rings. The molecule has 1 aliphatic heterocycles. The largest absolute Gasteiger partial charge is 0.409 e. The van der Waals surface area contributed by atoms with Gasteiger partial charge in [0.1, 0.15) is 12.2 Å². The van der Waals surface area contributed by atoms with Crippen LogP contribution in [0, 0.1) is 0 Å². The zero-order chi connectivity index (χ0) is 30.1. The molecule has 0 radical (unpaired) electrons. The fraction of sp³-hybridized carbons (Fsp3) is 0.897. The number of ether oxygens (including phenoxy) is 2. The van der Waals surface area contributed by atoms with Crippen LogP contribution in [0.15, 0.2) is 12.7 Å². The SMILES string of the molecule is C=CCO[C@H]1O[C@H](CC(C)=S)[C@@H](O[Si](C)(C)C(C)(C)C)[C@H](O[Si](C)(C)C(C)(C)C)[C@H]1O[Si](C)(C)C(C)(C)C. The third-order valence-corrected chi connectivity index (χ3v) is 22.8. The van der Waals surface area contributed by atoms with Gasteiger partial charge in [0.15, 0.2) is 31.2 Å². The normalized spacial score (nSPS) is 26.4. The summed E-state index contributed by atoms with van der Waals surface area (Å²) in [5.74, 6) is 0. The first-order valence-electron chi connectivity index (χ1n) is 14.2. The first-order valence-corrected chi connectivity index (χ1v) is 23.3. The average Bonchev–Trinajstić information content (AvgIpc) is 2.67. The Labute approximate surface area is 244 Å². The van der Waals surface area contributed by atoms with Crippen molar-refractivity contribution in [2.45, 2.75) is 161 Å². The Morgan fingerprint density at radius 2 is 1.11 bits per heavy atom. The Morgan fingerprint density at radius 3 is 1.45 bits per heavy atom. The summed E-state index contributed by atoms with van der Waals surface area (Å²) < 4.78 is 34.7. The van der Waals surface area contributed by atoms with Gasteiger partial charge >= 0.3 is 0 Å². The van der Waals surface area contributed by atoms with Crippen molar-refractivity contribution in [3.8, 4) is 0 Å². The molecule has 0 bridgehead atoms. The molecule has 9 heteroatoms. The molecular formula is C29H60O5SSi3. The molecule has 1 rings (SSSR count). The van der Waals surface area contributed by atoms with Crippen LogP contribution < -0.4 is 0 Å². The van der Waals surface area contributed by atoms with E-state index in [9.17, 15) is 0 Å². The Morgan fingerprint density at radius 1 is 0.737 bits per heavy atom. The first-order chi connectivity index (χ1) is 16.8. The minimum absolute atomic E-state index is 0.00906. The van der Waals surface area contributed by atoms with Crippen LogP contribution in [0.4, 0.5) is 0 Å². The lowest BCUT2D eigenvalue weighted by Gasteiger charge is -2.54. The van der Waals surface area contributed by atoms with E-state index in [1.807, 2.05) is 6.92 Å². The number of hydrogen-bond acceptors (Lipinski definition) is 6. The Balaban J connectivity index is 3.84. The van der Waals surface area contributed by atoms with Gasteiger partial charge in [-0.15, -0.1) is 6.58 Å². The molecule has 0 N–H and O–H groups in total. The summed E-state index contributed by atoms with van der Waals surface area (Å²) in [6.45, 7) is 40.4. The lowest BCUT2D eigenvalue weighted by molar-refractivity contribution is -0.283. The van der Waals surface area contributed by atoms with Gasteiger partial charge in [-0.25, -0.2) is 0 Å². The van der Waals surface area contributed by atoms with E-state index in [4.69, 9.17) is 35.0 Å². The Kier molecular flexibility index (Phi) is 12.1. The molecule has 0 amide bonds. The molecule has 0 aromatic heterocycles. The highest BCUT2D eigenvalue weighted by Crippen LogP contribution is 2.46. The van der Waals surface area contributed by atoms with Crippen LogP contribution in [0.2, 0.25) is 54.4 Å². The monoisotopic (exact) mass is 604 g/mol. The lowest BCUT2D eigenvalue weighted by Crippen LogP contribution is -2.67. The summed E-state index contributed by atoms with van der Waals surface area (Å²) in [5.41, 5.74) is 0. The van der Waals surface area contributed by atoms with E-state index in [1.165, 1.54) is 0 Å².